The van der Waals surface area contributed by atoms with Gasteiger partial charge in [-0.3, -0.25) is 9.78 Å². The van der Waals surface area contributed by atoms with E-state index in [9.17, 15) is 4.79 Å². The number of methoxy groups -OCH3 is 3. The van der Waals surface area contributed by atoms with E-state index in [1.807, 2.05) is 19.1 Å². The van der Waals surface area contributed by atoms with Crippen molar-refractivity contribution >= 4 is 11.6 Å². The van der Waals surface area contributed by atoms with Crippen molar-refractivity contribution in [3.63, 3.8) is 0 Å². The minimum Gasteiger partial charge on any atom is -0.493 e. The largest absolute Gasteiger partial charge is 0.493 e. The van der Waals surface area contributed by atoms with E-state index in [4.69, 9.17) is 19.9 Å². The molecule has 24 heavy (non-hydrogen) atoms. The maximum Gasteiger partial charge on any atom is 0.253 e. The van der Waals surface area contributed by atoms with Crippen LogP contribution in [0.4, 0.5) is 5.69 Å². The molecule has 2 aromatic rings. The van der Waals surface area contributed by atoms with Crippen LogP contribution >= 0.6 is 0 Å². The number of hydrogen-bond acceptors (Lipinski definition) is 6. The van der Waals surface area contributed by atoms with Crippen molar-refractivity contribution in [1.82, 2.24) is 10.3 Å². The summed E-state index contributed by atoms with van der Waals surface area (Å²) in [5.74, 6) is 0.616. The third kappa shape index (κ3) is 3.34. The fraction of sp³-hybridized carbons (Fsp3) is 0.294. The number of hydrogen-bond donors (Lipinski definition) is 2. The lowest BCUT2D eigenvalue weighted by molar-refractivity contribution is 0.0950. The molecule has 0 aliphatic heterocycles. The van der Waals surface area contributed by atoms with Gasteiger partial charge in [0.25, 0.3) is 5.91 Å². The first-order valence-electron chi connectivity index (χ1n) is 7.30. The Morgan fingerprint density at radius 2 is 1.92 bits per heavy atom. The van der Waals surface area contributed by atoms with Crippen molar-refractivity contribution in [1.29, 1.82) is 0 Å². The molecule has 3 N–H and O–H groups in total. The number of nitrogen functional groups attached to an aromatic ring is 1. The van der Waals surface area contributed by atoms with Gasteiger partial charge in [0, 0.05) is 6.20 Å². The number of aromatic nitrogens is 1. The molecule has 0 radical (unpaired) electrons. The summed E-state index contributed by atoms with van der Waals surface area (Å²) in [6.45, 7) is 2.23. The number of anilines is 1. The zero-order chi connectivity index (χ0) is 17.7. The summed E-state index contributed by atoms with van der Waals surface area (Å²) in [5.41, 5.74) is 8.28. The van der Waals surface area contributed by atoms with Crippen LogP contribution in [0.15, 0.2) is 24.4 Å². The number of rotatable bonds is 6. The van der Waals surface area contributed by atoms with Crippen LogP contribution in [0.1, 0.15) is 21.6 Å². The van der Waals surface area contributed by atoms with Crippen LogP contribution in [0, 0.1) is 6.92 Å². The molecule has 0 atom stereocenters. The molecule has 7 heteroatoms. The molecular formula is C17H21N3O4. The fourth-order valence-electron chi connectivity index (χ4n) is 2.33. The van der Waals surface area contributed by atoms with Crippen LogP contribution in [0.2, 0.25) is 0 Å². The highest BCUT2D eigenvalue weighted by atomic mass is 16.5. The van der Waals surface area contributed by atoms with Crippen molar-refractivity contribution in [2.75, 3.05) is 27.1 Å². The van der Waals surface area contributed by atoms with Gasteiger partial charge in [0.2, 0.25) is 5.75 Å². The van der Waals surface area contributed by atoms with Crippen molar-refractivity contribution in [2.24, 2.45) is 0 Å². The van der Waals surface area contributed by atoms with E-state index in [0.717, 1.165) is 11.3 Å². The Morgan fingerprint density at radius 3 is 2.50 bits per heavy atom. The maximum atomic E-state index is 12.5. The second kappa shape index (κ2) is 7.54. The zero-order valence-corrected chi connectivity index (χ0v) is 14.2. The second-order valence-electron chi connectivity index (χ2n) is 5.06. The highest BCUT2D eigenvalue weighted by Crippen LogP contribution is 2.43. The minimum atomic E-state index is -0.350. The van der Waals surface area contributed by atoms with E-state index in [1.54, 1.807) is 6.20 Å². The van der Waals surface area contributed by atoms with Gasteiger partial charge in [-0.1, -0.05) is 6.07 Å². The van der Waals surface area contributed by atoms with E-state index in [0.29, 0.717) is 18.0 Å². The molecule has 0 aliphatic carbocycles. The maximum absolute atomic E-state index is 12.5. The molecule has 0 bridgehead atoms. The number of nitrogens with zero attached hydrogens (tertiary/aromatic N) is 1. The molecule has 7 nitrogen and oxygen atoms in total. The lowest BCUT2D eigenvalue weighted by Gasteiger charge is -2.17. The van der Waals surface area contributed by atoms with Crippen molar-refractivity contribution in [3.8, 4) is 17.2 Å². The number of ether oxygens (including phenoxy) is 3. The van der Waals surface area contributed by atoms with Crippen LogP contribution in [0.25, 0.3) is 0 Å². The summed E-state index contributed by atoms with van der Waals surface area (Å²) in [5, 5.41) is 2.80. The first-order valence-corrected chi connectivity index (χ1v) is 7.30. The van der Waals surface area contributed by atoms with Crippen LogP contribution < -0.4 is 25.3 Å². The van der Waals surface area contributed by atoms with Gasteiger partial charge >= 0.3 is 0 Å². The van der Waals surface area contributed by atoms with Crippen molar-refractivity contribution < 1.29 is 19.0 Å². The van der Waals surface area contributed by atoms with E-state index >= 15 is 0 Å². The molecule has 2 rings (SSSR count). The third-order valence-electron chi connectivity index (χ3n) is 3.65. The monoisotopic (exact) mass is 331 g/mol. The summed E-state index contributed by atoms with van der Waals surface area (Å²) in [4.78, 5) is 16.8. The fourth-order valence-corrected chi connectivity index (χ4v) is 2.33. The number of pyridine rings is 1. The lowest BCUT2D eigenvalue weighted by Crippen LogP contribution is -2.25. The molecule has 1 amide bonds. The van der Waals surface area contributed by atoms with Crippen molar-refractivity contribution in [2.45, 2.75) is 13.5 Å². The Bertz CT molecular complexity index is 747. The number of benzene rings is 1. The third-order valence-corrected chi connectivity index (χ3v) is 3.65. The minimum absolute atomic E-state index is 0.186. The quantitative estimate of drug-likeness (QED) is 0.785. The number of carbonyl (C=O) groups is 1. The second-order valence-corrected chi connectivity index (χ2v) is 5.06. The summed E-state index contributed by atoms with van der Waals surface area (Å²) in [6.07, 6.45) is 1.68. The van der Waals surface area contributed by atoms with Crippen LogP contribution in [-0.4, -0.2) is 32.2 Å². The standard InChI is InChI=1S/C17H21N3O4/c1-10-6-5-7-19-12(10)9-20-17(21)11-8-13(22-2)15(23-3)16(24-4)14(11)18/h5-8H,9,18H2,1-4H3,(H,20,21). The molecule has 0 spiro atoms. The molecule has 1 aromatic carbocycles. The van der Waals surface area contributed by atoms with Gasteiger partial charge in [0.05, 0.1) is 44.8 Å². The number of aryl methyl sites for hydroxylation is 1. The van der Waals surface area contributed by atoms with Crippen molar-refractivity contribution in [3.05, 3.63) is 41.2 Å². The Labute approximate surface area is 140 Å². The average molecular weight is 331 g/mol. The highest BCUT2D eigenvalue weighted by molar-refractivity contribution is 6.01. The van der Waals surface area contributed by atoms with E-state index in [-0.39, 0.29) is 22.9 Å². The smallest absolute Gasteiger partial charge is 0.253 e. The Hall–Kier alpha value is -2.96. The predicted molar refractivity (Wildman–Crippen MR) is 90.7 cm³/mol. The van der Waals surface area contributed by atoms with E-state index in [1.165, 1.54) is 27.4 Å². The Balaban J connectivity index is 2.30. The molecule has 0 fully saturated rings. The van der Waals surface area contributed by atoms with Gasteiger partial charge in [-0.2, -0.15) is 0 Å². The summed E-state index contributed by atoms with van der Waals surface area (Å²) in [6, 6.07) is 5.30. The SMILES string of the molecule is COc1cc(C(=O)NCc2ncccc2C)c(N)c(OC)c1OC. The molecule has 0 aliphatic rings. The van der Waals surface area contributed by atoms with Crippen LogP contribution in [-0.2, 0) is 6.54 Å². The molecule has 0 saturated carbocycles. The lowest BCUT2D eigenvalue weighted by atomic mass is 10.1. The summed E-state index contributed by atoms with van der Waals surface area (Å²) in [7, 11) is 4.41. The van der Waals surface area contributed by atoms with Gasteiger partial charge < -0.3 is 25.3 Å². The summed E-state index contributed by atoms with van der Waals surface area (Å²) >= 11 is 0. The van der Waals surface area contributed by atoms with E-state index < -0.39 is 0 Å². The number of nitrogens with two attached hydrogens (primary N) is 1. The van der Waals surface area contributed by atoms with Gasteiger partial charge in [-0.05, 0) is 24.6 Å². The normalized spacial score (nSPS) is 10.2. The van der Waals surface area contributed by atoms with Gasteiger partial charge in [-0.15, -0.1) is 0 Å². The first kappa shape index (κ1) is 17.4. The molecule has 0 unspecified atom stereocenters. The topological polar surface area (TPSA) is 95.7 Å². The molecule has 1 heterocycles. The predicted octanol–water partition coefficient (Wildman–Crippen LogP) is 1.93. The Kier molecular flexibility index (Phi) is 5.47. The number of nitrogens with one attached hydrogen (secondary N) is 1. The van der Waals surface area contributed by atoms with Gasteiger partial charge in [0.1, 0.15) is 0 Å². The van der Waals surface area contributed by atoms with Gasteiger partial charge in [0.15, 0.2) is 11.5 Å². The highest BCUT2D eigenvalue weighted by Gasteiger charge is 2.22. The zero-order valence-electron chi connectivity index (χ0n) is 14.2. The van der Waals surface area contributed by atoms with Gasteiger partial charge in [-0.25, -0.2) is 0 Å². The number of carbonyl (C=O) groups excluding carboxylic acids is 1. The van der Waals surface area contributed by atoms with Crippen LogP contribution in [0.3, 0.4) is 0 Å². The molecule has 0 saturated heterocycles. The number of amides is 1. The molecule has 128 valence electrons. The molecular weight excluding hydrogens is 310 g/mol. The van der Waals surface area contributed by atoms with E-state index in [2.05, 4.69) is 10.3 Å². The first-order chi connectivity index (χ1) is 11.5. The summed E-state index contributed by atoms with van der Waals surface area (Å²) < 4.78 is 15.8. The average Bonchev–Trinajstić information content (AvgIpc) is 2.60. The molecule has 1 aromatic heterocycles. The Morgan fingerprint density at radius 1 is 1.21 bits per heavy atom. The van der Waals surface area contributed by atoms with Crippen LogP contribution in [0.5, 0.6) is 17.2 Å².